The van der Waals surface area contributed by atoms with E-state index in [1.54, 1.807) is 24.5 Å². The van der Waals surface area contributed by atoms with Crippen LogP contribution in [-0.4, -0.2) is 10.8 Å². The number of nitrogen functional groups attached to an aromatic ring is 1. The summed E-state index contributed by atoms with van der Waals surface area (Å²) in [5, 5.41) is 7.39. The zero-order valence-corrected chi connectivity index (χ0v) is 9.47. The Morgan fingerprint density at radius 3 is 2.71 bits per heavy atom. The normalized spacial score (nSPS) is 9.94. The molecule has 2 aromatic rings. The first-order valence-corrected chi connectivity index (χ1v) is 5.20. The molecule has 1 aromatic carbocycles. The van der Waals surface area contributed by atoms with Crippen molar-refractivity contribution < 1.29 is 4.74 Å². The Hall–Kier alpha value is -2.36. The zero-order valence-electron chi connectivity index (χ0n) is 9.47. The molecule has 1 aromatic heterocycles. The molecular weight excluding hydrogens is 214 g/mol. The molecule has 0 radical (unpaired) electrons. The number of nitrogens with one attached hydrogen (secondary N) is 1. The average Bonchev–Trinajstić information content (AvgIpc) is 2.30. The summed E-state index contributed by atoms with van der Waals surface area (Å²) < 4.78 is 5.62. The molecule has 0 amide bonds. The molecule has 0 saturated heterocycles. The van der Waals surface area contributed by atoms with Gasteiger partial charge < -0.3 is 10.5 Å². The van der Waals surface area contributed by atoms with Crippen molar-refractivity contribution in [3.05, 3.63) is 53.9 Å². The van der Waals surface area contributed by atoms with Crippen LogP contribution in [0.2, 0.25) is 0 Å². The number of rotatable bonds is 3. The SMILES string of the molecule is Cc1cc(Oc2cccnc2)ccc1C(=N)N. The van der Waals surface area contributed by atoms with Gasteiger partial charge in [-0.25, -0.2) is 0 Å². The third-order valence-corrected chi connectivity index (χ3v) is 2.36. The van der Waals surface area contributed by atoms with Crippen LogP contribution < -0.4 is 10.5 Å². The highest BCUT2D eigenvalue weighted by atomic mass is 16.5. The maximum atomic E-state index is 7.39. The van der Waals surface area contributed by atoms with Crippen LogP contribution in [0.3, 0.4) is 0 Å². The van der Waals surface area contributed by atoms with Crippen LogP contribution in [0.1, 0.15) is 11.1 Å². The first-order valence-electron chi connectivity index (χ1n) is 5.20. The Labute approximate surface area is 99.6 Å². The van der Waals surface area contributed by atoms with E-state index in [-0.39, 0.29) is 5.84 Å². The van der Waals surface area contributed by atoms with Crippen molar-refractivity contribution in [2.24, 2.45) is 5.73 Å². The van der Waals surface area contributed by atoms with Crippen molar-refractivity contribution >= 4 is 5.84 Å². The van der Waals surface area contributed by atoms with E-state index >= 15 is 0 Å². The molecule has 4 heteroatoms. The Morgan fingerprint density at radius 1 is 1.29 bits per heavy atom. The lowest BCUT2D eigenvalue weighted by molar-refractivity contribution is 0.480. The summed E-state index contributed by atoms with van der Waals surface area (Å²) in [7, 11) is 0. The summed E-state index contributed by atoms with van der Waals surface area (Å²) in [6, 6.07) is 9.07. The fourth-order valence-corrected chi connectivity index (χ4v) is 1.55. The van der Waals surface area contributed by atoms with Gasteiger partial charge in [0.15, 0.2) is 0 Å². The monoisotopic (exact) mass is 227 g/mol. The molecule has 17 heavy (non-hydrogen) atoms. The van der Waals surface area contributed by atoms with Crippen molar-refractivity contribution in [2.75, 3.05) is 0 Å². The molecule has 1 heterocycles. The minimum absolute atomic E-state index is 0.0652. The van der Waals surface area contributed by atoms with E-state index in [0.717, 1.165) is 11.1 Å². The molecular formula is C13H13N3O. The number of hydrogen-bond donors (Lipinski definition) is 2. The second-order valence-corrected chi connectivity index (χ2v) is 3.68. The molecule has 0 aliphatic carbocycles. The van der Waals surface area contributed by atoms with Gasteiger partial charge in [0.25, 0.3) is 0 Å². The highest BCUT2D eigenvalue weighted by molar-refractivity contribution is 5.96. The lowest BCUT2D eigenvalue weighted by Gasteiger charge is -2.08. The summed E-state index contributed by atoms with van der Waals surface area (Å²) in [4.78, 5) is 3.97. The number of aromatic nitrogens is 1. The highest BCUT2D eigenvalue weighted by Crippen LogP contribution is 2.22. The summed E-state index contributed by atoms with van der Waals surface area (Å²) in [6.07, 6.45) is 3.34. The topological polar surface area (TPSA) is 72.0 Å². The summed E-state index contributed by atoms with van der Waals surface area (Å²) in [5.74, 6) is 1.46. The first kappa shape index (κ1) is 11.1. The summed E-state index contributed by atoms with van der Waals surface area (Å²) in [5.41, 5.74) is 7.09. The Kier molecular flexibility index (Phi) is 3.05. The van der Waals surface area contributed by atoms with Gasteiger partial charge in [-0.2, -0.15) is 0 Å². The van der Waals surface area contributed by atoms with Crippen LogP contribution in [-0.2, 0) is 0 Å². The van der Waals surface area contributed by atoms with Crippen LogP contribution in [0.25, 0.3) is 0 Å². The summed E-state index contributed by atoms with van der Waals surface area (Å²) in [6.45, 7) is 1.90. The molecule has 86 valence electrons. The lowest BCUT2D eigenvalue weighted by Crippen LogP contribution is -2.12. The molecule has 0 spiro atoms. The zero-order chi connectivity index (χ0) is 12.3. The van der Waals surface area contributed by atoms with E-state index in [2.05, 4.69) is 4.98 Å². The van der Waals surface area contributed by atoms with Crippen LogP contribution >= 0.6 is 0 Å². The molecule has 3 N–H and O–H groups in total. The maximum absolute atomic E-state index is 7.39. The van der Waals surface area contributed by atoms with Crippen molar-refractivity contribution in [2.45, 2.75) is 6.92 Å². The smallest absolute Gasteiger partial charge is 0.145 e. The Bertz CT molecular complexity index is 538. The number of nitrogens with zero attached hydrogens (tertiary/aromatic N) is 1. The third-order valence-electron chi connectivity index (χ3n) is 2.36. The molecule has 4 nitrogen and oxygen atoms in total. The van der Waals surface area contributed by atoms with Crippen molar-refractivity contribution in [3.63, 3.8) is 0 Å². The number of amidine groups is 1. The van der Waals surface area contributed by atoms with Gasteiger partial charge >= 0.3 is 0 Å². The molecule has 0 fully saturated rings. The second-order valence-electron chi connectivity index (χ2n) is 3.68. The quantitative estimate of drug-likeness (QED) is 0.625. The van der Waals surface area contributed by atoms with Gasteiger partial charge in [0, 0.05) is 11.8 Å². The van der Waals surface area contributed by atoms with Crippen LogP contribution in [0, 0.1) is 12.3 Å². The molecule has 0 aliphatic rings. The predicted octanol–water partition coefficient (Wildman–Crippen LogP) is 2.47. The Balaban J connectivity index is 2.24. The van der Waals surface area contributed by atoms with E-state index < -0.39 is 0 Å². The maximum Gasteiger partial charge on any atom is 0.145 e. The molecule has 0 saturated carbocycles. The van der Waals surface area contributed by atoms with Gasteiger partial charge in [-0.15, -0.1) is 0 Å². The molecule has 0 aliphatic heterocycles. The van der Waals surface area contributed by atoms with E-state index in [1.807, 2.05) is 25.1 Å². The lowest BCUT2D eigenvalue weighted by atomic mass is 10.1. The Morgan fingerprint density at radius 2 is 2.12 bits per heavy atom. The average molecular weight is 227 g/mol. The number of pyridine rings is 1. The largest absolute Gasteiger partial charge is 0.456 e. The molecule has 0 atom stereocenters. The molecule has 2 rings (SSSR count). The van der Waals surface area contributed by atoms with Crippen LogP contribution in [0.5, 0.6) is 11.5 Å². The number of hydrogen-bond acceptors (Lipinski definition) is 3. The standard InChI is InChI=1S/C13H13N3O/c1-9-7-10(4-5-12(9)13(14)15)17-11-3-2-6-16-8-11/h2-8H,1H3,(H3,14,15). The van der Waals surface area contributed by atoms with Gasteiger partial charge in [-0.05, 0) is 42.8 Å². The van der Waals surface area contributed by atoms with Gasteiger partial charge in [0.2, 0.25) is 0 Å². The second kappa shape index (κ2) is 4.65. The van der Waals surface area contributed by atoms with E-state index in [1.165, 1.54) is 0 Å². The third kappa shape index (κ3) is 2.60. The number of aryl methyl sites for hydroxylation is 1. The number of benzene rings is 1. The molecule has 0 unspecified atom stereocenters. The minimum Gasteiger partial charge on any atom is -0.456 e. The first-order chi connectivity index (χ1) is 8.16. The van der Waals surface area contributed by atoms with Gasteiger partial charge in [0.1, 0.15) is 17.3 Å². The summed E-state index contributed by atoms with van der Waals surface area (Å²) >= 11 is 0. The van der Waals surface area contributed by atoms with E-state index in [0.29, 0.717) is 11.5 Å². The fraction of sp³-hybridized carbons (Fsp3) is 0.0769. The fourth-order valence-electron chi connectivity index (χ4n) is 1.55. The van der Waals surface area contributed by atoms with Crippen LogP contribution in [0.15, 0.2) is 42.7 Å². The minimum atomic E-state index is 0.0652. The van der Waals surface area contributed by atoms with Gasteiger partial charge in [-0.1, -0.05) is 0 Å². The van der Waals surface area contributed by atoms with Gasteiger partial charge in [-0.3, -0.25) is 10.4 Å². The van der Waals surface area contributed by atoms with Crippen LogP contribution in [0.4, 0.5) is 0 Å². The van der Waals surface area contributed by atoms with Crippen molar-refractivity contribution in [3.8, 4) is 11.5 Å². The van der Waals surface area contributed by atoms with Crippen molar-refractivity contribution in [1.29, 1.82) is 5.41 Å². The number of nitrogens with two attached hydrogens (primary N) is 1. The molecule has 0 bridgehead atoms. The number of ether oxygens (including phenoxy) is 1. The highest BCUT2D eigenvalue weighted by Gasteiger charge is 2.04. The predicted molar refractivity (Wildman–Crippen MR) is 66.5 cm³/mol. The van der Waals surface area contributed by atoms with Gasteiger partial charge in [0.05, 0.1) is 6.20 Å². The van der Waals surface area contributed by atoms with E-state index in [9.17, 15) is 0 Å². The van der Waals surface area contributed by atoms with E-state index in [4.69, 9.17) is 15.9 Å². The van der Waals surface area contributed by atoms with Crippen molar-refractivity contribution in [1.82, 2.24) is 4.98 Å².